The summed E-state index contributed by atoms with van der Waals surface area (Å²) in [6.07, 6.45) is 0.896. The second-order valence-electron chi connectivity index (χ2n) is 4.50. The van der Waals surface area contributed by atoms with E-state index in [1.165, 1.54) is 6.07 Å². The molecule has 1 aromatic carbocycles. The number of hydrogen-bond donors (Lipinski definition) is 1. The van der Waals surface area contributed by atoms with Gasteiger partial charge in [0.15, 0.2) is 0 Å². The summed E-state index contributed by atoms with van der Waals surface area (Å²) in [7, 11) is 0. The first-order valence-electron chi connectivity index (χ1n) is 6.36. The Morgan fingerprint density at radius 3 is 2.63 bits per heavy atom. The van der Waals surface area contributed by atoms with Crippen LogP contribution >= 0.6 is 0 Å². The van der Waals surface area contributed by atoms with Crippen LogP contribution in [0.3, 0.4) is 0 Å². The highest BCUT2D eigenvalue weighted by Gasteiger charge is 2.20. The highest BCUT2D eigenvalue weighted by atomic mass is 19.1. The van der Waals surface area contributed by atoms with E-state index < -0.39 is 17.7 Å². The Hall–Kier alpha value is -1.68. The molecule has 1 atom stereocenters. The minimum absolute atomic E-state index is 0.266. The zero-order valence-corrected chi connectivity index (χ0v) is 11.0. The molecule has 19 heavy (non-hydrogen) atoms. The van der Waals surface area contributed by atoms with Crippen molar-refractivity contribution in [1.29, 1.82) is 0 Å². The minimum Gasteiger partial charge on any atom is -0.464 e. The normalized spacial score (nSPS) is 12.6. The fourth-order valence-corrected chi connectivity index (χ4v) is 2.00. The maximum absolute atomic E-state index is 13.9. The quantitative estimate of drug-likeness (QED) is 0.885. The average Bonchev–Trinajstić information content (AvgIpc) is 2.80. The first-order chi connectivity index (χ1) is 9.11. The van der Waals surface area contributed by atoms with E-state index in [9.17, 15) is 8.78 Å². The first-order valence-corrected chi connectivity index (χ1v) is 6.36. The Labute approximate surface area is 111 Å². The predicted molar refractivity (Wildman–Crippen MR) is 69.9 cm³/mol. The molecule has 1 aromatic heterocycles. The van der Waals surface area contributed by atoms with E-state index >= 15 is 0 Å². The van der Waals surface area contributed by atoms with Crippen LogP contribution in [0.25, 0.3) is 0 Å². The van der Waals surface area contributed by atoms with Crippen LogP contribution in [0, 0.1) is 18.6 Å². The van der Waals surface area contributed by atoms with E-state index in [0.717, 1.165) is 24.3 Å². The minimum atomic E-state index is -0.468. The van der Waals surface area contributed by atoms with Gasteiger partial charge in [0.2, 0.25) is 0 Å². The summed E-state index contributed by atoms with van der Waals surface area (Å²) in [5.41, 5.74) is 0.266. The van der Waals surface area contributed by atoms with Crippen molar-refractivity contribution >= 4 is 0 Å². The van der Waals surface area contributed by atoms with Gasteiger partial charge in [-0.15, -0.1) is 0 Å². The van der Waals surface area contributed by atoms with Gasteiger partial charge in [-0.05, 0) is 50.2 Å². The third-order valence-electron chi connectivity index (χ3n) is 2.91. The lowest BCUT2D eigenvalue weighted by molar-refractivity contribution is 0.420. The van der Waals surface area contributed by atoms with Crippen LogP contribution in [-0.4, -0.2) is 6.54 Å². The molecular formula is C15H17F2NO. The van der Waals surface area contributed by atoms with Crippen molar-refractivity contribution in [1.82, 2.24) is 5.32 Å². The van der Waals surface area contributed by atoms with E-state index in [0.29, 0.717) is 12.3 Å². The Morgan fingerprint density at radius 1 is 1.21 bits per heavy atom. The number of rotatable bonds is 5. The van der Waals surface area contributed by atoms with Crippen LogP contribution in [0.15, 0.2) is 34.7 Å². The Morgan fingerprint density at radius 2 is 2.00 bits per heavy atom. The number of halogens is 2. The van der Waals surface area contributed by atoms with Gasteiger partial charge in [-0.25, -0.2) is 8.78 Å². The number of hydrogen-bond acceptors (Lipinski definition) is 2. The predicted octanol–water partition coefficient (Wildman–Crippen LogP) is 3.96. The van der Waals surface area contributed by atoms with Crippen LogP contribution in [0.4, 0.5) is 8.78 Å². The van der Waals surface area contributed by atoms with Gasteiger partial charge in [-0.2, -0.15) is 0 Å². The van der Waals surface area contributed by atoms with Gasteiger partial charge in [0.05, 0.1) is 6.04 Å². The van der Waals surface area contributed by atoms with Crippen molar-refractivity contribution in [3.05, 3.63) is 59.1 Å². The monoisotopic (exact) mass is 265 g/mol. The number of furan rings is 1. The van der Waals surface area contributed by atoms with Gasteiger partial charge < -0.3 is 9.73 Å². The molecule has 0 aliphatic carbocycles. The molecule has 1 unspecified atom stereocenters. The van der Waals surface area contributed by atoms with Crippen molar-refractivity contribution in [2.45, 2.75) is 26.3 Å². The van der Waals surface area contributed by atoms with Crippen LogP contribution in [0.2, 0.25) is 0 Å². The molecular weight excluding hydrogens is 248 g/mol. The molecule has 2 rings (SSSR count). The molecule has 0 radical (unpaired) electrons. The summed E-state index contributed by atoms with van der Waals surface area (Å²) in [5.74, 6) is 0.442. The summed E-state index contributed by atoms with van der Waals surface area (Å²) in [5, 5.41) is 3.18. The van der Waals surface area contributed by atoms with Crippen LogP contribution in [0.5, 0.6) is 0 Å². The highest BCUT2D eigenvalue weighted by Crippen LogP contribution is 2.26. The molecule has 0 aliphatic rings. The second-order valence-corrected chi connectivity index (χ2v) is 4.50. The smallest absolute Gasteiger partial charge is 0.128 e. The van der Waals surface area contributed by atoms with Gasteiger partial charge in [0, 0.05) is 5.56 Å². The molecule has 102 valence electrons. The van der Waals surface area contributed by atoms with Crippen LogP contribution in [-0.2, 0) is 0 Å². The van der Waals surface area contributed by atoms with E-state index in [1.807, 2.05) is 19.9 Å². The Bertz CT molecular complexity index is 551. The summed E-state index contributed by atoms with van der Waals surface area (Å²) in [6.45, 7) is 4.53. The molecule has 2 aromatic rings. The summed E-state index contributed by atoms with van der Waals surface area (Å²) < 4.78 is 32.8. The average molecular weight is 265 g/mol. The van der Waals surface area contributed by atoms with Crippen LogP contribution in [0.1, 0.15) is 36.5 Å². The van der Waals surface area contributed by atoms with E-state index in [2.05, 4.69) is 5.32 Å². The van der Waals surface area contributed by atoms with Crippen molar-refractivity contribution in [3.63, 3.8) is 0 Å². The number of benzene rings is 1. The summed E-state index contributed by atoms with van der Waals surface area (Å²) in [6, 6.07) is 6.59. The first kappa shape index (κ1) is 13.7. The molecule has 0 spiro atoms. The number of aryl methyl sites for hydroxylation is 1. The lowest BCUT2D eigenvalue weighted by atomic mass is 10.0. The molecule has 0 amide bonds. The Kier molecular flexibility index (Phi) is 4.32. The van der Waals surface area contributed by atoms with Crippen molar-refractivity contribution in [2.24, 2.45) is 0 Å². The van der Waals surface area contributed by atoms with Gasteiger partial charge in [-0.1, -0.05) is 6.92 Å². The van der Waals surface area contributed by atoms with Crippen molar-refractivity contribution in [2.75, 3.05) is 6.54 Å². The maximum Gasteiger partial charge on any atom is 0.128 e. The van der Waals surface area contributed by atoms with E-state index in [4.69, 9.17) is 4.42 Å². The van der Waals surface area contributed by atoms with E-state index in [1.54, 1.807) is 6.07 Å². The molecule has 0 saturated heterocycles. The SMILES string of the molecule is CCCNC(c1ccc(C)o1)c1cc(F)ccc1F. The molecule has 1 N–H and O–H groups in total. The van der Waals surface area contributed by atoms with Crippen molar-refractivity contribution < 1.29 is 13.2 Å². The van der Waals surface area contributed by atoms with Gasteiger partial charge in [0.1, 0.15) is 23.2 Å². The molecule has 1 heterocycles. The van der Waals surface area contributed by atoms with Gasteiger partial charge in [0.25, 0.3) is 0 Å². The lowest BCUT2D eigenvalue weighted by Crippen LogP contribution is -2.23. The fraction of sp³-hybridized carbons (Fsp3) is 0.333. The standard InChI is InChI=1S/C15H17F2NO/c1-3-8-18-15(14-7-4-10(2)19-14)12-9-11(16)5-6-13(12)17/h4-7,9,15,18H,3,8H2,1-2H3. The van der Waals surface area contributed by atoms with Gasteiger partial charge >= 0.3 is 0 Å². The summed E-state index contributed by atoms with van der Waals surface area (Å²) in [4.78, 5) is 0. The zero-order valence-electron chi connectivity index (χ0n) is 11.0. The largest absolute Gasteiger partial charge is 0.464 e. The second kappa shape index (κ2) is 5.97. The Balaban J connectivity index is 2.39. The summed E-state index contributed by atoms with van der Waals surface area (Å²) >= 11 is 0. The van der Waals surface area contributed by atoms with Crippen molar-refractivity contribution in [3.8, 4) is 0 Å². The third-order valence-corrected chi connectivity index (χ3v) is 2.91. The highest BCUT2D eigenvalue weighted by molar-refractivity contribution is 5.29. The molecule has 2 nitrogen and oxygen atoms in total. The third kappa shape index (κ3) is 3.20. The van der Waals surface area contributed by atoms with E-state index in [-0.39, 0.29) is 5.56 Å². The topological polar surface area (TPSA) is 25.2 Å². The molecule has 0 fully saturated rings. The molecule has 0 aliphatic heterocycles. The molecule has 0 bridgehead atoms. The molecule has 4 heteroatoms. The lowest BCUT2D eigenvalue weighted by Gasteiger charge is -2.17. The number of nitrogens with one attached hydrogen (secondary N) is 1. The zero-order chi connectivity index (χ0) is 13.8. The fourth-order valence-electron chi connectivity index (χ4n) is 2.00. The molecule has 0 saturated carbocycles. The van der Waals surface area contributed by atoms with Gasteiger partial charge in [-0.3, -0.25) is 0 Å². The van der Waals surface area contributed by atoms with Crippen LogP contribution < -0.4 is 5.32 Å². The maximum atomic E-state index is 13.9.